The van der Waals surface area contributed by atoms with Crippen LogP contribution in [-0.2, 0) is 9.53 Å². The quantitative estimate of drug-likeness (QED) is 0.617. The third-order valence-corrected chi connectivity index (χ3v) is 3.13. The van der Waals surface area contributed by atoms with E-state index in [0.717, 1.165) is 17.9 Å². The van der Waals surface area contributed by atoms with Gasteiger partial charge in [0.1, 0.15) is 0 Å². The minimum atomic E-state index is -0.294. The number of ether oxygens (including phenoxy) is 1. The molecule has 0 bridgehead atoms. The molecule has 1 atom stereocenters. The molecule has 4 heteroatoms. The molecule has 2 N–H and O–H groups in total. The molecule has 1 fully saturated rings. The Bertz CT molecular complexity index is 155. The summed E-state index contributed by atoms with van der Waals surface area (Å²) in [5.74, 6) is 1.74. The van der Waals surface area contributed by atoms with E-state index in [1.165, 1.54) is 7.11 Å². The number of hydrogen-bond donors (Lipinski definition) is 1. The maximum absolute atomic E-state index is 10.9. The van der Waals surface area contributed by atoms with Gasteiger partial charge < -0.3 is 10.5 Å². The van der Waals surface area contributed by atoms with E-state index in [9.17, 15) is 4.79 Å². The fraction of sp³-hybridized carbons (Fsp3) is 0.857. The zero-order valence-corrected chi connectivity index (χ0v) is 7.45. The Labute approximate surface area is 70.7 Å². The number of nitrogens with two attached hydrogens (primary N) is 1. The molecule has 1 aliphatic heterocycles. The van der Waals surface area contributed by atoms with Crippen LogP contribution in [0.4, 0.5) is 0 Å². The lowest BCUT2D eigenvalue weighted by atomic mass is 9.96. The van der Waals surface area contributed by atoms with E-state index < -0.39 is 0 Å². The van der Waals surface area contributed by atoms with E-state index >= 15 is 0 Å². The van der Waals surface area contributed by atoms with Crippen LogP contribution in [0.1, 0.15) is 12.8 Å². The number of thioether (sulfide) groups is 1. The molecule has 0 spiro atoms. The van der Waals surface area contributed by atoms with E-state index in [4.69, 9.17) is 5.73 Å². The van der Waals surface area contributed by atoms with E-state index in [-0.39, 0.29) is 11.5 Å². The van der Waals surface area contributed by atoms with Gasteiger partial charge in [0.15, 0.2) is 0 Å². The number of esters is 1. The molecule has 1 aliphatic rings. The van der Waals surface area contributed by atoms with Crippen LogP contribution in [0.5, 0.6) is 0 Å². The summed E-state index contributed by atoms with van der Waals surface area (Å²) in [4.78, 5) is 10.9. The summed E-state index contributed by atoms with van der Waals surface area (Å²) < 4.78 is 4.55. The van der Waals surface area contributed by atoms with Crippen molar-refractivity contribution in [3.8, 4) is 0 Å². The van der Waals surface area contributed by atoms with Crippen molar-refractivity contribution in [2.75, 3.05) is 18.6 Å². The molecular formula is C7H13NO2S. The highest BCUT2D eigenvalue weighted by Gasteiger charge is 2.32. The van der Waals surface area contributed by atoms with E-state index in [2.05, 4.69) is 4.74 Å². The second kappa shape index (κ2) is 3.45. The second-order valence-electron chi connectivity index (χ2n) is 2.92. The molecule has 0 aromatic carbocycles. The Morgan fingerprint density at radius 3 is 3.00 bits per heavy atom. The molecule has 3 nitrogen and oxygen atoms in total. The first-order valence-electron chi connectivity index (χ1n) is 3.60. The van der Waals surface area contributed by atoms with Crippen molar-refractivity contribution in [1.82, 2.24) is 0 Å². The van der Waals surface area contributed by atoms with Gasteiger partial charge in [-0.05, 0) is 12.2 Å². The van der Waals surface area contributed by atoms with Crippen LogP contribution in [0.2, 0.25) is 0 Å². The third kappa shape index (κ3) is 2.38. The molecule has 0 aromatic heterocycles. The van der Waals surface area contributed by atoms with Crippen LogP contribution in [0.3, 0.4) is 0 Å². The third-order valence-electron chi connectivity index (χ3n) is 1.86. The van der Waals surface area contributed by atoms with Gasteiger partial charge in [-0.25, -0.2) is 0 Å². The summed E-state index contributed by atoms with van der Waals surface area (Å²) in [6, 6.07) is 0. The maximum Gasteiger partial charge on any atom is 0.307 e. The second-order valence-corrected chi connectivity index (χ2v) is 4.02. The summed E-state index contributed by atoms with van der Waals surface area (Å²) in [6.07, 6.45) is 1.28. The summed E-state index contributed by atoms with van der Waals surface area (Å²) >= 11 is 1.80. The Kier molecular flexibility index (Phi) is 2.78. The highest BCUT2D eigenvalue weighted by atomic mass is 32.2. The van der Waals surface area contributed by atoms with Crippen LogP contribution in [-0.4, -0.2) is 30.1 Å². The predicted octanol–water partition coefficient (Wildman–Crippen LogP) is 0.384. The van der Waals surface area contributed by atoms with Crippen molar-refractivity contribution in [3.63, 3.8) is 0 Å². The minimum Gasteiger partial charge on any atom is -0.469 e. The lowest BCUT2D eigenvalue weighted by molar-refractivity contribution is -0.141. The van der Waals surface area contributed by atoms with Gasteiger partial charge in [0.2, 0.25) is 0 Å². The van der Waals surface area contributed by atoms with Gasteiger partial charge in [-0.15, -0.1) is 0 Å². The molecule has 0 amide bonds. The number of carbonyl (C=O) groups excluding carboxylic acids is 1. The minimum absolute atomic E-state index is 0.199. The van der Waals surface area contributed by atoms with Crippen molar-refractivity contribution in [3.05, 3.63) is 0 Å². The van der Waals surface area contributed by atoms with Gasteiger partial charge in [0, 0.05) is 11.3 Å². The molecule has 0 aliphatic carbocycles. The topological polar surface area (TPSA) is 52.3 Å². The number of rotatable bonds is 2. The SMILES string of the molecule is COC(=O)CC1(N)CCSC1. The van der Waals surface area contributed by atoms with Crippen molar-refractivity contribution >= 4 is 17.7 Å². The molecule has 11 heavy (non-hydrogen) atoms. The van der Waals surface area contributed by atoms with Crippen molar-refractivity contribution < 1.29 is 9.53 Å². The molecule has 1 heterocycles. The van der Waals surface area contributed by atoms with Gasteiger partial charge in [0.25, 0.3) is 0 Å². The average Bonchev–Trinajstić information content (AvgIpc) is 2.36. The van der Waals surface area contributed by atoms with Gasteiger partial charge >= 0.3 is 5.97 Å². The molecular weight excluding hydrogens is 162 g/mol. The molecule has 0 saturated carbocycles. The highest BCUT2D eigenvalue weighted by Crippen LogP contribution is 2.28. The monoisotopic (exact) mass is 175 g/mol. The standard InChI is InChI=1S/C7H13NO2S/c1-10-6(9)4-7(8)2-3-11-5-7/h2-5,8H2,1H3. The van der Waals surface area contributed by atoms with Crippen LogP contribution >= 0.6 is 11.8 Å². The zero-order valence-electron chi connectivity index (χ0n) is 6.63. The Morgan fingerprint density at radius 2 is 2.55 bits per heavy atom. The smallest absolute Gasteiger partial charge is 0.307 e. The number of hydrogen-bond acceptors (Lipinski definition) is 4. The Balaban J connectivity index is 2.39. The fourth-order valence-corrected chi connectivity index (χ4v) is 2.47. The van der Waals surface area contributed by atoms with Gasteiger partial charge in [-0.3, -0.25) is 4.79 Å². The van der Waals surface area contributed by atoms with Crippen molar-refractivity contribution in [2.24, 2.45) is 5.73 Å². The lowest BCUT2D eigenvalue weighted by Crippen LogP contribution is -2.42. The Morgan fingerprint density at radius 1 is 1.82 bits per heavy atom. The summed E-state index contributed by atoms with van der Waals surface area (Å²) in [5, 5.41) is 0. The van der Waals surface area contributed by atoms with Crippen LogP contribution in [0, 0.1) is 0 Å². The normalized spacial score (nSPS) is 30.4. The van der Waals surface area contributed by atoms with Gasteiger partial charge in [-0.1, -0.05) is 0 Å². The number of carbonyl (C=O) groups is 1. The van der Waals surface area contributed by atoms with E-state index in [0.29, 0.717) is 6.42 Å². The highest BCUT2D eigenvalue weighted by molar-refractivity contribution is 7.99. The van der Waals surface area contributed by atoms with Crippen molar-refractivity contribution in [1.29, 1.82) is 0 Å². The summed E-state index contributed by atoms with van der Waals surface area (Å²) in [7, 11) is 1.40. The van der Waals surface area contributed by atoms with Gasteiger partial charge in [-0.2, -0.15) is 11.8 Å². The first-order valence-corrected chi connectivity index (χ1v) is 4.75. The lowest BCUT2D eigenvalue weighted by Gasteiger charge is -2.20. The Hall–Kier alpha value is -0.220. The van der Waals surface area contributed by atoms with Crippen molar-refractivity contribution in [2.45, 2.75) is 18.4 Å². The molecule has 1 rings (SSSR count). The van der Waals surface area contributed by atoms with Crippen LogP contribution in [0.25, 0.3) is 0 Å². The van der Waals surface area contributed by atoms with Crippen LogP contribution in [0.15, 0.2) is 0 Å². The first-order chi connectivity index (χ1) is 5.16. The van der Waals surface area contributed by atoms with E-state index in [1.807, 2.05) is 0 Å². The summed E-state index contributed by atoms with van der Waals surface area (Å²) in [5.41, 5.74) is 5.62. The average molecular weight is 175 g/mol. The molecule has 0 radical (unpaired) electrons. The molecule has 0 aromatic rings. The first kappa shape index (κ1) is 8.87. The largest absolute Gasteiger partial charge is 0.469 e. The fourth-order valence-electron chi connectivity index (χ4n) is 1.12. The van der Waals surface area contributed by atoms with E-state index in [1.54, 1.807) is 11.8 Å². The summed E-state index contributed by atoms with van der Waals surface area (Å²) in [6.45, 7) is 0. The molecule has 1 unspecified atom stereocenters. The predicted molar refractivity (Wildman–Crippen MR) is 45.5 cm³/mol. The molecule has 64 valence electrons. The number of methoxy groups -OCH3 is 1. The maximum atomic E-state index is 10.9. The van der Waals surface area contributed by atoms with Gasteiger partial charge in [0.05, 0.1) is 13.5 Å². The molecule has 1 saturated heterocycles. The zero-order chi connectivity index (χ0) is 8.32. The van der Waals surface area contributed by atoms with Crippen LogP contribution < -0.4 is 5.73 Å².